The van der Waals surface area contributed by atoms with Gasteiger partial charge >= 0.3 is 0 Å². The summed E-state index contributed by atoms with van der Waals surface area (Å²) < 4.78 is 12.9. The van der Waals surface area contributed by atoms with Crippen LogP contribution in [0.2, 0.25) is 0 Å². The first-order valence-electron chi connectivity index (χ1n) is 10.4. The smallest absolute Gasteiger partial charge is 0.109 e. The molecule has 2 heterocycles. The van der Waals surface area contributed by atoms with E-state index in [4.69, 9.17) is 9.47 Å². The second-order valence-corrected chi connectivity index (χ2v) is 8.91. The highest BCUT2D eigenvalue weighted by Crippen LogP contribution is 2.45. The molecule has 1 atom stereocenters. The summed E-state index contributed by atoms with van der Waals surface area (Å²) >= 11 is 0. The van der Waals surface area contributed by atoms with Crippen LogP contribution < -0.4 is 0 Å². The number of allylic oxidation sites excluding steroid dienone is 2. The summed E-state index contributed by atoms with van der Waals surface area (Å²) in [6.07, 6.45) is 21.3. The third kappa shape index (κ3) is 3.59. The van der Waals surface area contributed by atoms with Gasteiger partial charge in [-0.15, -0.1) is 0 Å². The minimum absolute atomic E-state index is 0.0473. The van der Waals surface area contributed by atoms with Crippen molar-refractivity contribution < 1.29 is 9.47 Å². The molecule has 1 saturated heterocycles. The van der Waals surface area contributed by atoms with E-state index in [1.807, 2.05) is 0 Å². The molecule has 0 radical (unpaired) electrons. The zero-order valence-corrected chi connectivity index (χ0v) is 15.4. The number of hydrogen-bond acceptors (Lipinski definition) is 2. The van der Waals surface area contributed by atoms with Gasteiger partial charge in [0, 0.05) is 6.42 Å². The third-order valence-corrected chi connectivity index (χ3v) is 6.66. The molecule has 4 rings (SSSR count). The topological polar surface area (TPSA) is 18.5 Å². The number of rotatable bonds is 1. The van der Waals surface area contributed by atoms with Crippen LogP contribution in [0.25, 0.3) is 0 Å². The van der Waals surface area contributed by atoms with Gasteiger partial charge in [-0.3, -0.25) is 0 Å². The Kier molecular flexibility index (Phi) is 4.77. The maximum atomic E-state index is 6.64. The Balaban J connectivity index is 1.53. The molecule has 4 aliphatic rings. The summed E-state index contributed by atoms with van der Waals surface area (Å²) in [5.74, 6) is 2.02. The maximum Gasteiger partial charge on any atom is 0.109 e. The monoisotopic (exact) mass is 330 g/mol. The Morgan fingerprint density at radius 2 is 1.71 bits per heavy atom. The second kappa shape index (κ2) is 6.86. The predicted octanol–water partition coefficient (Wildman–Crippen LogP) is 6.07. The molecule has 2 nitrogen and oxygen atoms in total. The Morgan fingerprint density at radius 3 is 2.46 bits per heavy atom. The molecular weight excluding hydrogens is 296 g/mol. The summed E-state index contributed by atoms with van der Waals surface area (Å²) in [5, 5.41) is 0. The van der Waals surface area contributed by atoms with Crippen molar-refractivity contribution in [3.8, 4) is 0 Å². The van der Waals surface area contributed by atoms with E-state index in [9.17, 15) is 0 Å². The molecule has 2 heteroatoms. The van der Waals surface area contributed by atoms with Crippen molar-refractivity contribution in [2.75, 3.05) is 6.61 Å². The molecule has 0 N–H and O–H groups in total. The molecule has 3 fully saturated rings. The minimum atomic E-state index is 0.0473. The van der Waals surface area contributed by atoms with Gasteiger partial charge in [0.25, 0.3) is 0 Å². The van der Waals surface area contributed by atoms with Crippen LogP contribution in [0, 0.1) is 5.92 Å². The summed E-state index contributed by atoms with van der Waals surface area (Å²) in [5.41, 5.74) is 1.68. The van der Waals surface area contributed by atoms with E-state index in [1.54, 1.807) is 0 Å². The standard InChI is InChI=1S/C22H34O2/c1-18-14-20(24-22(16-18)11-6-3-7-12-22)15-19-8-13-23-21(17-19)9-4-2-5-10-21/h15,17-18H,2-14,16H2,1H3. The van der Waals surface area contributed by atoms with Crippen molar-refractivity contribution in [2.24, 2.45) is 5.92 Å². The lowest BCUT2D eigenvalue weighted by Gasteiger charge is -2.44. The lowest BCUT2D eigenvalue weighted by Crippen LogP contribution is -2.40. The van der Waals surface area contributed by atoms with E-state index >= 15 is 0 Å². The van der Waals surface area contributed by atoms with E-state index in [0.717, 1.165) is 25.4 Å². The molecule has 2 aliphatic heterocycles. The van der Waals surface area contributed by atoms with Crippen LogP contribution in [0.4, 0.5) is 0 Å². The minimum Gasteiger partial charge on any atom is -0.492 e. The van der Waals surface area contributed by atoms with Gasteiger partial charge in [0.2, 0.25) is 0 Å². The molecule has 0 amide bonds. The van der Waals surface area contributed by atoms with E-state index in [0.29, 0.717) is 0 Å². The van der Waals surface area contributed by atoms with E-state index in [1.165, 1.54) is 82.0 Å². The predicted molar refractivity (Wildman–Crippen MR) is 97.9 cm³/mol. The average Bonchev–Trinajstić information content (AvgIpc) is 2.55. The Bertz CT molecular complexity index is 504. The number of hydrogen-bond donors (Lipinski definition) is 0. The van der Waals surface area contributed by atoms with E-state index in [-0.39, 0.29) is 11.2 Å². The van der Waals surface area contributed by atoms with Crippen LogP contribution in [0.5, 0.6) is 0 Å². The van der Waals surface area contributed by atoms with Crippen molar-refractivity contribution in [2.45, 2.75) is 102 Å². The van der Waals surface area contributed by atoms with Crippen LogP contribution in [0.3, 0.4) is 0 Å². The Labute approximate surface area is 147 Å². The third-order valence-electron chi connectivity index (χ3n) is 6.66. The normalized spacial score (nSPS) is 34.1. The van der Waals surface area contributed by atoms with Gasteiger partial charge in [-0.05, 0) is 75.0 Å². The highest BCUT2D eigenvalue weighted by Gasteiger charge is 2.40. The van der Waals surface area contributed by atoms with Gasteiger partial charge in [0.1, 0.15) is 5.60 Å². The maximum absolute atomic E-state index is 6.64. The molecular formula is C22H34O2. The van der Waals surface area contributed by atoms with Gasteiger partial charge in [-0.1, -0.05) is 32.6 Å². The molecule has 2 spiro atoms. The molecule has 2 saturated carbocycles. The molecule has 134 valence electrons. The fourth-order valence-electron chi connectivity index (χ4n) is 5.59. The van der Waals surface area contributed by atoms with Crippen LogP contribution in [-0.2, 0) is 9.47 Å². The largest absolute Gasteiger partial charge is 0.492 e. The van der Waals surface area contributed by atoms with E-state index in [2.05, 4.69) is 19.1 Å². The van der Waals surface area contributed by atoms with Gasteiger partial charge in [-0.25, -0.2) is 0 Å². The van der Waals surface area contributed by atoms with Gasteiger partial charge < -0.3 is 9.47 Å². The first-order chi connectivity index (χ1) is 11.7. The molecule has 2 aliphatic carbocycles. The van der Waals surface area contributed by atoms with Crippen molar-refractivity contribution >= 4 is 0 Å². The summed E-state index contributed by atoms with van der Waals surface area (Å²) in [6.45, 7) is 3.30. The van der Waals surface area contributed by atoms with Crippen molar-refractivity contribution in [1.82, 2.24) is 0 Å². The van der Waals surface area contributed by atoms with Gasteiger partial charge in [-0.2, -0.15) is 0 Å². The van der Waals surface area contributed by atoms with Gasteiger partial charge in [0.05, 0.1) is 18.0 Å². The molecule has 0 aromatic heterocycles. The number of ether oxygens (including phenoxy) is 2. The first kappa shape index (κ1) is 16.7. The molecule has 0 aromatic carbocycles. The Morgan fingerprint density at radius 1 is 1.00 bits per heavy atom. The molecule has 0 bridgehead atoms. The zero-order valence-electron chi connectivity index (χ0n) is 15.4. The lowest BCUT2D eigenvalue weighted by atomic mass is 9.76. The lowest BCUT2D eigenvalue weighted by molar-refractivity contribution is -0.0743. The van der Waals surface area contributed by atoms with Crippen LogP contribution >= 0.6 is 0 Å². The zero-order chi connectivity index (χ0) is 16.5. The summed E-state index contributed by atoms with van der Waals surface area (Å²) in [6, 6.07) is 0. The quantitative estimate of drug-likeness (QED) is 0.581. The molecule has 0 aromatic rings. The SMILES string of the molecule is CC1CC(=CC2=CC3(CCCCC3)OCC2)OC2(CCCCC2)C1. The molecule has 1 unspecified atom stereocenters. The van der Waals surface area contributed by atoms with Crippen molar-refractivity contribution in [1.29, 1.82) is 0 Å². The summed E-state index contributed by atoms with van der Waals surface area (Å²) in [4.78, 5) is 0. The average molecular weight is 331 g/mol. The Hall–Kier alpha value is -0.760. The molecule has 24 heavy (non-hydrogen) atoms. The first-order valence-corrected chi connectivity index (χ1v) is 10.4. The van der Waals surface area contributed by atoms with Crippen LogP contribution in [-0.4, -0.2) is 17.8 Å². The van der Waals surface area contributed by atoms with Crippen molar-refractivity contribution in [3.63, 3.8) is 0 Å². The van der Waals surface area contributed by atoms with Gasteiger partial charge in [0.15, 0.2) is 0 Å². The highest BCUT2D eigenvalue weighted by atomic mass is 16.5. The van der Waals surface area contributed by atoms with Crippen LogP contribution in [0.1, 0.15) is 90.4 Å². The second-order valence-electron chi connectivity index (χ2n) is 8.91. The fourth-order valence-corrected chi connectivity index (χ4v) is 5.59. The summed E-state index contributed by atoms with van der Waals surface area (Å²) in [7, 11) is 0. The van der Waals surface area contributed by atoms with E-state index < -0.39 is 0 Å². The van der Waals surface area contributed by atoms with Crippen LogP contribution in [0.15, 0.2) is 23.5 Å². The van der Waals surface area contributed by atoms with Crippen molar-refractivity contribution in [3.05, 3.63) is 23.5 Å². The fraction of sp³-hybridized carbons (Fsp3) is 0.818. The highest BCUT2D eigenvalue weighted by molar-refractivity contribution is 5.28.